The first-order valence-electron chi connectivity index (χ1n) is 8.05. The third kappa shape index (κ3) is 2.33. The molecule has 0 bridgehead atoms. The molecule has 3 heterocycles. The van der Waals surface area contributed by atoms with Gasteiger partial charge in [0.1, 0.15) is 13.2 Å². The van der Waals surface area contributed by atoms with Gasteiger partial charge in [0, 0.05) is 19.0 Å². The fraction of sp³-hybridized carbons (Fsp3) is 0.588. The van der Waals surface area contributed by atoms with Gasteiger partial charge in [0.2, 0.25) is 0 Å². The summed E-state index contributed by atoms with van der Waals surface area (Å²) in [6.07, 6.45) is 2.60. The average molecular weight is 303 g/mol. The first-order valence-corrected chi connectivity index (χ1v) is 8.05. The van der Waals surface area contributed by atoms with Gasteiger partial charge in [-0.2, -0.15) is 0 Å². The number of rotatable bonds is 1. The lowest BCUT2D eigenvalue weighted by molar-refractivity contribution is 0.00849. The lowest BCUT2D eigenvalue weighted by atomic mass is 9.92. The van der Waals surface area contributed by atoms with Crippen LogP contribution in [0, 0.1) is 5.92 Å². The van der Waals surface area contributed by atoms with Gasteiger partial charge in [0.05, 0.1) is 17.8 Å². The number of carbonyl (C=O) groups excluding carboxylic acids is 1. The molecule has 3 aliphatic rings. The number of amides is 1. The Balaban J connectivity index is 1.55. The quantitative estimate of drug-likeness (QED) is 0.797. The van der Waals surface area contributed by atoms with Crippen molar-refractivity contribution in [1.82, 2.24) is 4.90 Å². The summed E-state index contributed by atoms with van der Waals surface area (Å²) < 4.78 is 17.1. The van der Waals surface area contributed by atoms with Crippen molar-refractivity contribution in [3.63, 3.8) is 0 Å². The summed E-state index contributed by atoms with van der Waals surface area (Å²) >= 11 is 0. The standard InChI is InChI=1S/C17H21NO4/c1-11-9-12-10-18(6-5-14(12)22-11)17(19)13-3-2-4-15-16(13)21-8-7-20-15/h2-4,11-12,14H,5-10H2,1H3/t11-,12-,14+/m0/s1. The van der Waals surface area contributed by atoms with E-state index >= 15 is 0 Å². The Labute approximate surface area is 130 Å². The highest BCUT2D eigenvalue weighted by atomic mass is 16.6. The van der Waals surface area contributed by atoms with Gasteiger partial charge in [-0.15, -0.1) is 0 Å². The number of hydrogen-bond donors (Lipinski definition) is 0. The van der Waals surface area contributed by atoms with Gasteiger partial charge in [-0.05, 0) is 31.9 Å². The SMILES string of the molecule is C[C@H]1C[C@H]2CN(C(=O)c3cccc4c3OCCO4)CC[C@H]2O1. The number of likely N-dealkylation sites (tertiary alicyclic amines) is 1. The summed E-state index contributed by atoms with van der Waals surface area (Å²) in [4.78, 5) is 14.8. The van der Waals surface area contributed by atoms with Crippen LogP contribution in [0.15, 0.2) is 18.2 Å². The van der Waals surface area contributed by atoms with E-state index in [1.54, 1.807) is 0 Å². The molecule has 3 aliphatic heterocycles. The van der Waals surface area contributed by atoms with E-state index in [1.807, 2.05) is 23.1 Å². The number of hydrogen-bond acceptors (Lipinski definition) is 4. The Morgan fingerprint density at radius 3 is 3.05 bits per heavy atom. The molecule has 0 spiro atoms. The third-order valence-corrected chi connectivity index (χ3v) is 4.79. The molecule has 5 heteroatoms. The van der Waals surface area contributed by atoms with Crippen LogP contribution in [0.5, 0.6) is 11.5 Å². The van der Waals surface area contributed by atoms with Crippen LogP contribution in [0.1, 0.15) is 30.1 Å². The molecule has 0 N–H and O–H groups in total. The van der Waals surface area contributed by atoms with Crippen molar-refractivity contribution in [3.8, 4) is 11.5 Å². The second kappa shape index (κ2) is 5.47. The zero-order valence-electron chi connectivity index (χ0n) is 12.8. The maximum Gasteiger partial charge on any atom is 0.257 e. The predicted octanol–water partition coefficient (Wildman–Crippen LogP) is 2.10. The van der Waals surface area contributed by atoms with Crippen molar-refractivity contribution in [2.24, 2.45) is 5.92 Å². The van der Waals surface area contributed by atoms with Crippen molar-refractivity contribution in [1.29, 1.82) is 0 Å². The fourth-order valence-corrected chi connectivity index (χ4v) is 3.79. The van der Waals surface area contributed by atoms with Crippen LogP contribution >= 0.6 is 0 Å². The summed E-state index contributed by atoms with van der Waals surface area (Å²) in [5.41, 5.74) is 0.614. The second-order valence-electron chi connectivity index (χ2n) is 6.35. The minimum atomic E-state index is 0.0420. The van der Waals surface area contributed by atoms with Crippen molar-refractivity contribution in [2.45, 2.75) is 32.0 Å². The maximum absolute atomic E-state index is 12.9. The number of nitrogens with zero attached hydrogens (tertiary/aromatic N) is 1. The highest BCUT2D eigenvalue weighted by Crippen LogP contribution is 2.37. The van der Waals surface area contributed by atoms with Gasteiger partial charge < -0.3 is 19.1 Å². The molecular weight excluding hydrogens is 282 g/mol. The minimum absolute atomic E-state index is 0.0420. The summed E-state index contributed by atoms with van der Waals surface area (Å²) in [5.74, 6) is 1.77. The van der Waals surface area contributed by atoms with Crippen molar-refractivity contribution in [2.75, 3.05) is 26.3 Å². The van der Waals surface area contributed by atoms with E-state index in [-0.39, 0.29) is 5.91 Å². The van der Waals surface area contributed by atoms with Crippen LogP contribution < -0.4 is 9.47 Å². The smallest absolute Gasteiger partial charge is 0.257 e. The van der Waals surface area contributed by atoms with Crippen LogP contribution in [0.2, 0.25) is 0 Å². The second-order valence-corrected chi connectivity index (χ2v) is 6.35. The molecule has 5 nitrogen and oxygen atoms in total. The first kappa shape index (κ1) is 13.9. The third-order valence-electron chi connectivity index (χ3n) is 4.79. The van der Waals surface area contributed by atoms with Crippen LogP contribution in [0.4, 0.5) is 0 Å². The Kier molecular flexibility index (Phi) is 3.45. The van der Waals surface area contributed by atoms with E-state index < -0.39 is 0 Å². The van der Waals surface area contributed by atoms with Gasteiger partial charge in [0.15, 0.2) is 11.5 Å². The molecule has 3 atom stereocenters. The highest BCUT2D eigenvalue weighted by Gasteiger charge is 2.39. The van der Waals surface area contributed by atoms with Gasteiger partial charge in [-0.3, -0.25) is 4.79 Å². The van der Waals surface area contributed by atoms with Crippen LogP contribution in [-0.2, 0) is 4.74 Å². The van der Waals surface area contributed by atoms with Crippen molar-refractivity contribution >= 4 is 5.91 Å². The monoisotopic (exact) mass is 303 g/mol. The zero-order chi connectivity index (χ0) is 15.1. The zero-order valence-corrected chi connectivity index (χ0v) is 12.8. The summed E-state index contributed by atoms with van der Waals surface area (Å²) in [5, 5.41) is 0. The number of para-hydroxylation sites is 1. The van der Waals surface area contributed by atoms with E-state index in [9.17, 15) is 4.79 Å². The Bertz CT molecular complexity index is 588. The molecule has 0 aliphatic carbocycles. The van der Waals surface area contributed by atoms with Crippen molar-refractivity contribution < 1.29 is 19.0 Å². The molecule has 0 radical (unpaired) electrons. The molecule has 2 saturated heterocycles. The van der Waals surface area contributed by atoms with E-state index in [1.165, 1.54) is 0 Å². The molecule has 22 heavy (non-hydrogen) atoms. The van der Waals surface area contributed by atoms with Crippen LogP contribution in [0.3, 0.4) is 0 Å². The first-order chi connectivity index (χ1) is 10.7. The molecule has 0 aromatic heterocycles. The minimum Gasteiger partial charge on any atom is -0.486 e. The maximum atomic E-state index is 12.9. The number of benzene rings is 1. The molecule has 1 amide bonds. The van der Waals surface area contributed by atoms with Crippen molar-refractivity contribution in [3.05, 3.63) is 23.8 Å². The highest BCUT2D eigenvalue weighted by molar-refractivity contribution is 5.98. The molecule has 0 unspecified atom stereocenters. The molecule has 118 valence electrons. The molecule has 1 aromatic rings. The number of carbonyl (C=O) groups is 1. The lowest BCUT2D eigenvalue weighted by Gasteiger charge is -2.34. The van der Waals surface area contributed by atoms with E-state index in [0.29, 0.717) is 48.4 Å². The van der Waals surface area contributed by atoms with E-state index in [4.69, 9.17) is 14.2 Å². The largest absolute Gasteiger partial charge is 0.486 e. The lowest BCUT2D eigenvalue weighted by Crippen LogP contribution is -2.44. The number of ether oxygens (including phenoxy) is 3. The molecule has 1 aromatic carbocycles. The Hall–Kier alpha value is -1.75. The fourth-order valence-electron chi connectivity index (χ4n) is 3.79. The topological polar surface area (TPSA) is 48.0 Å². The number of fused-ring (bicyclic) bond motifs is 2. The van der Waals surface area contributed by atoms with Crippen LogP contribution in [-0.4, -0.2) is 49.3 Å². The Morgan fingerprint density at radius 1 is 1.27 bits per heavy atom. The van der Waals surface area contributed by atoms with E-state index in [2.05, 4.69) is 6.92 Å². The predicted molar refractivity (Wildman–Crippen MR) is 80.4 cm³/mol. The Morgan fingerprint density at radius 2 is 2.14 bits per heavy atom. The van der Waals surface area contributed by atoms with Gasteiger partial charge >= 0.3 is 0 Å². The summed E-state index contributed by atoms with van der Waals surface area (Å²) in [6.45, 7) is 4.67. The van der Waals surface area contributed by atoms with Gasteiger partial charge in [-0.25, -0.2) is 0 Å². The normalized spacial score (nSPS) is 30.0. The molecule has 4 rings (SSSR count). The van der Waals surface area contributed by atoms with Gasteiger partial charge in [-0.1, -0.05) is 6.07 Å². The van der Waals surface area contributed by atoms with E-state index in [0.717, 1.165) is 25.9 Å². The van der Waals surface area contributed by atoms with Crippen LogP contribution in [0.25, 0.3) is 0 Å². The molecular formula is C17H21NO4. The van der Waals surface area contributed by atoms with Gasteiger partial charge in [0.25, 0.3) is 5.91 Å². The number of piperidine rings is 1. The summed E-state index contributed by atoms with van der Waals surface area (Å²) in [6, 6.07) is 5.54. The molecule has 2 fully saturated rings. The molecule has 0 saturated carbocycles. The average Bonchev–Trinajstić information content (AvgIpc) is 2.92. The summed E-state index contributed by atoms with van der Waals surface area (Å²) in [7, 11) is 0.